The lowest BCUT2D eigenvalue weighted by Crippen LogP contribution is -2.37. The molecule has 32 heavy (non-hydrogen) atoms. The molecular formula is C25H22N2O5. The fraction of sp³-hybridized carbons (Fsp3) is 0.200. The van der Waals surface area contributed by atoms with Gasteiger partial charge in [0.05, 0.1) is 18.5 Å². The number of ether oxygens (including phenoxy) is 1. The number of hydrogen-bond acceptors (Lipinski definition) is 6. The number of hydroxylamine groups is 1. The first-order chi connectivity index (χ1) is 15.5. The number of phenols is 1. The van der Waals surface area contributed by atoms with Crippen LogP contribution in [0.1, 0.15) is 17.2 Å². The van der Waals surface area contributed by atoms with E-state index in [0.717, 1.165) is 5.56 Å². The van der Waals surface area contributed by atoms with Gasteiger partial charge in [-0.3, -0.25) is 14.4 Å². The Bertz CT molecular complexity index is 1180. The zero-order valence-corrected chi connectivity index (χ0v) is 17.6. The number of carbonyl (C=O) groups is 2. The highest BCUT2D eigenvalue weighted by molar-refractivity contribution is 6.24. The molecule has 0 bridgehead atoms. The average Bonchev–Trinajstić information content (AvgIpc) is 3.31. The Morgan fingerprint density at radius 2 is 1.59 bits per heavy atom. The number of hydrogen-bond donors (Lipinski definition) is 1. The molecule has 162 valence electrons. The first-order valence-corrected chi connectivity index (χ1v) is 10.3. The molecule has 0 aliphatic carbocycles. The van der Waals surface area contributed by atoms with Crippen molar-refractivity contribution in [3.8, 4) is 11.5 Å². The summed E-state index contributed by atoms with van der Waals surface area (Å²) < 4.78 is 5.28. The number of carbonyl (C=O) groups excluding carboxylic acids is 2. The fourth-order valence-corrected chi connectivity index (χ4v) is 4.42. The van der Waals surface area contributed by atoms with Gasteiger partial charge < -0.3 is 9.84 Å². The first kappa shape index (κ1) is 20.1. The summed E-state index contributed by atoms with van der Waals surface area (Å²) in [6.07, 6.45) is -1.00. The van der Waals surface area contributed by atoms with Crippen molar-refractivity contribution in [2.75, 3.05) is 17.1 Å². The normalized spacial score (nSPS) is 22.4. The standard InChI is InChI=1S/C25H22N2O5/c1-15-11-13-16(14-12-15)26-24(29)20-21(18-9-6-10-19(31-2)22(18)28)27(32-23(20)25(26)30)17-7-4-3-5-8-17/h3-14,20-21,23,28H,1-2H3/t20-,21-,23+/m0/s1. The predicted molar refractivity (Wildman–Crippen MR) is 118 cm³/mol. The Kier molecular flexibility index (Phi) is 4.83. The molecule has 0 saturated carbocycles. The van der Waals surface area contributed by atoms with Crippen LogP contribution in [0.15, 0.2) is 72.8 Å². The van der Waals surface area contributed by atoms with Gasteiger partial charge >= 0.3 is 0 Å². The van der Waals surface area contributed by atoms with Gasteiger partial charge in [-0.25, -0.2) is 9.96 Å². The van der Waals surface area contributed by atoms with Gasteiger partial charge in [-0.2, -0.15) is 0 Å². The zero-order chi connectivity index (χ0) is 22.4. The van der Waals surface area contributed by atoms with E-state index in [0.29, 0.717) is 16.9 Å². The third kappa shape index (κ3) is 3.01. The van der Waals surface area contributed by atoms with E-state index in [1.165, 1.54) is 12.0 Å². The van der Waals surface area contributed by atoms with Crippen LogP contribution in [0.4, 0.5) is 11.4 Å². The number of nitrogens with zero attached hydrogens (tertiary/aromatic N) is 2. The highest BCUT2D eigenvalue weighted by atomic mass is 16.7. The minimum absolute atomic E-state index is 0.0841. The minimum atomic E-state index is -1.00. The molecule has 2 heterocycles. The number of aromatic hydroxyl groups is 1. The first-order valence-electron chi connectivity index (χ1n) is 10.3. The van der Waals surface area contributed by atoms with E-state index in [1.807, 2.05) is 49.4 Å². The van der Waals surface area contributed by atoms with Crippen LogP contribution in [-0.4, -0.2) is 30.1 Å². The molecule has 3 aromatic carbocycles. The Balaban J connectivity index is 1.62. The van der Waals surface area contributed by atoms with Crippen molar-refractivity contribution in [3.05, 3.63) is 83.9 Å². The summed E-state index contributed by atoms with van der Waals surface area (Å²) in [4.78, 5) is 34.2. The number of imide groups is 1. The molecule has 0 radical (unpaired) electrons. The molecule has 2 aliphatic heterocycles. The number of amides is 2. The second kappa shape index (κ2) is 7.69. The van der Waals surface area contributed by atoms with Gasteiger partial charge in [-0.1, -0.05) is 48.0 Å². The van der Waals surface area contributed by atoms with Crippen LogP contribution < -0.4 is 14.7 Å². The molecule has 3 atom stereocenters. The maximum Gasteiger partial charge on any atom is 0.266 e. The van der Waals surface area contributed by atoms with Crippen LogP contribution in [0.25, 0.3) is 0 Å². The van der Waals surface area contributed by atoms with Gasteiger partial charge in [0.1, 0.15) is 12.0 Å². The summed E-state index contributed by atoms with van der Waals surface area (Å²) in [5.41, 5.74) is 2.66. The number of methoxy groups -OCH3 is 1. The zero-order valence-electron chi connectivity index (χ0n) is 17.6. The van der Waals surface area contributed by atoms with Crippen LogP contribution in [0.5, 0.6) is 11.5 Å². The maximum atomic E-state index is 13.6. The number of para-hydroxylation sites is 2. The molecule has 2 amide bonds. The summed E-state index contributed by atoms with van der Waals surface area (Å²) in [6.45, 7) is 1.94. The molecule has 3 aromatic rings. The van der Waals surface area contributed by atoms with Crippen LogP contribution in [-0.2, 0) is 14.4 Å². The van der Waals surface area contributed by atoms with E-state index in [2.05, 4.69) is 0 Å². The van der Waals surface area contributed by atoms with Gasteiger partial charge in [-0.15, -0.1) is 0 Å². The third-order valence-electron chi connectivity index (χ3n) is 5.99. The molecule has 2 saturated heterocycles. The van der Waals surface area contributed by atoms with Gasteiger partial charge in [0.2, 0.25) is 5.91 Å². The second-order valence-electron chi connectivity index (χ2n) is 7.90. The quantitative estimate of drug-likeness (QED) is 0.635. The fourth-order valence-electron chi connectivity index (χ4n) is 4.42. The summed E-state index contributed by atoms with van der Waals surface area (Å²) in [7, 11) is 1.46. The molecule has 2 fully saturated rings. The highest BCUT2D eigenvalue weighted by Crippen LogP contribution is 2.50. The predicted octanol–water partition coefficient (Wildman–Crippen LogP) is 3.76. The van der Waals surface area contributed by atoms with Crippen LogP contribution >= 0.6 is 0 Å². The Morgan fingerprint density at radius 3 is 2.28 bits per heavy atom. The van der Waals surface area contributed by atoms with Crippen molar-refractivity contribution in [1.29, 1.82) is 0 Å². The Labute approximate surface area is 185 Å². The summed E-state index contributed by atoms with van der Waals surface area (Å²) in [6, 6.07) is 20.8. The van der Waals surface area contributed by atoms with E-state index in [-0.39, 0.29) is 17.4 Å². The maximum absolute atomic E-state index is 13.6. The molecule has 5 rings (SSSR count). The average molecular weight is 430 g/mol. The number of rotatable bonds is 4. The van der Waals surface area contributed by atoms with Crippen molar-refractivity contribution < 1.29 is 24.3 Å². The molecule has 0 spiro atoms. The summed E-state index contributed by atoms with van der Waals surface area (Å²) >= 11 is 0. The molecular weight excluding hydrogens is 408 g/mol. The van der Waals surface area contributed by atoms with E-state index < -0.39 is 24.0 Å². The van der Waals surface area contributed by atoms with E-state index in [1.54, 1.807) is 35.4 Å². The van der Waals surface area contributed by atoms with Crippen molar-refractivity contribution in [2.24, 2.45) is 5.92 Å². The second-order valence-corrected chi connectivity index (χ2v) is 7.90. The van der Waals surface area contributed by atoms with Gasteiger partial charge in [-0.05, 0) is 37.3 Å². The van der Waals surface area contributed by atoms with Crippen molar-refractivity contribution in [3.63, 3.8) is 0 Å². The van der Waals surface area contributed by atoms with Crippen LogP contribution in [0, 0.1) is 12.8 Å². The molecule has 0 aromatic heterocycles. The number of anilines is 2. The van der Waals surface area contributed by atoms with E-state index in [9.17, 15) is 14.7 Å². The van der Waals surface area contributed by atoms with E-state index >= 15 is 0 Å². The molecule has 0 unspecified atom stereocenters. The molecule has 1 N–H and O–H groups in total. The van der Waals surface area contributed by atoms with Crippen LogP contribution in [0.2, 0.25) is 0 Å². The summed E-state index contributed by atoms with van der Waals surface area (Å²) in [5, 5.41) is 12.4. The summed E-state index contributed by atoms with van der Waals surface area (Å²) in [5.74, 6) is -1.42. The SMILES string of the molecule is COc1cccc([C@H]2[C@@H]3C(=O)N(c4ccc(C)cc4)C(=O)[C@@H]3ON2c2ccccc2)c1O. The van der Waals surface area contributed by atoms with Crippen molar-refractivity contribution in [1.82, 2.24) is 0 Å². The van der Waals surface area contributed by atoms with Crippen molar-refractivity contribution in [2.45, 2.75) is 19.1 Å². The lowest BCUT2D eigenvalue weighted by atomic mass is 9.90. The lowest BCUT2D eigenvalue weighted by molar-refractivity contribution is -0.126. The minimum Gasteiger partial charge on any atom is -0.504 e. The molecule has 7 nitrogen and oxygen atoms in total. The smallest absolute Gasteiger partial charge is 0.266 e. The van der Waals surface area contributed by atoms with Crippen molar-refractivity contribution >= 4 is 23.2 Å². The highest BCUT2D eigenvalue weighted by Gasteiger charge is 2.60. The van der Waals surface area contributed by atoms with E-state index in [4.69, 9.17) is 9.57 Å². The third-order valence-corrected chi connectivity index (χ3v) is 5.99. The number of benzene rings is 3. The lowest BCUT2D eigenvalue weighted by Gasteiger charge is -2.29. The Hall–Kier alpha value is -3.84. The van der Waals surface area contributed by atoms with Gasteiger partial charge in [0.15, 0.2) is 17.6 Å². The Morgan fingerprint density at radius 1 is 0.875 bits per heavy atom. The van der Waals surface area contributed by atoms with Gasteiger partial charge in [0, 0.05) is 5.56 Å². The topological polar surface area (TPSA) is 79.3 Å². The number of phenolic OH excluding ortho intramolecular Hbond substituents is 1. The van der Waals surface area contributed by atoms with Crippen LogP contribution in [0.3, 0.4) is 0 Å². The largest absolute Gasteiger partial charge is 0.504 e. The number of aryl methyl sites for hydroxylation is 1. The molecule has 2 aliphatic rings. The number of fused-ring (bicyclic) bond motifs is 1. The van der Waals surface area contributed by atoms with Gasteiger partial charge in [0.25, 0.3) is 5.91 Å². The molecule has 7 heteroatoms. The monoisotopic (exact) mass is 430 g/mol.